The predicted molar refractivity (Wildman–Crippen MR) is 138 cm³/mol. The maximum Gasteiger partial charge on any atom is 0.166 e. The highest BCUT2D eigenvalue weighted by Gasteiger charge is 2.49. The molecular formula is C26H24Cl2N2OS2. The number of benzene rings is 2. The number of nitrogens with zero attached hydrogens (tertiary/aromatic N) is 1. The molecule has 0 amide bonds. The molecule has 1 aromatic heterocycles. The highest BCUT2D eigenvalue weighted by molar-refractivity contribution is 8.01. The number of hydrogen-bond donors (Lipinski definition) is 1. The van der Waals surface area contributed by atoms with E-state index in [0.717, 1.165) is 47.1 Å². The molecule has 2 aromatic carbocycles. The third-order valence-corrected chi connectivity index (χ3v) is 10.6. The van der Waals surface area contributed by atoms with E-state index in [4.69, 9.17) is 23.2 Å². The van der Waals surface area contributed by atoms with Crippen LogP contribution in [0.3, 0.4) is 0 Å². The minimum absolute atomic E-state index is 0.137. The lowest BCUT2D eigenvalue weighted by molar-refractivity contribution is -0.0110. The van der Waals surface area contributed by atoms with Gasteiger partial charge in [-0.05, 0) is 67.3 Å². The lowest BCUT2D eigenvalue weighted by Gasteiger charge is -2.52. The molecule has 0 aliphatic carbocycles. The number of Topliss-reactive ketones (excluding diaryl/α,β-unsaturated/α-hetero) is 1. The van der Waals surface area contributed by atoms with E-state index in [1.54, 1.807) is 0 Å². The smallest absolute Gasteiger partial charge is 0.166 e. The SMILES string of the molecule is CC12NCCCN1C(c1ccc(Cl)cc1)Cc1c2sc2c1C(=O)CC(c1ccc(Cl)cc1)S2. The van der Waals surface area contributed by atoms with E-state index >= 15 is 0 Å². The highest BCUT2D eigenvalue weighted by Crippen LogP contribution is 2.56. The highest BCUT2D eigenvalue weighted by atomic mass is 35.5. The standard InChI is InChI=1S/C26H24Cl2N2OS2/c1-26-24-19(13-20(30(26)12-2-11-29-26)15-3-7-17(27)8-4-15)23-21(31)14-22(32-25(23)33-24)16-5-9-18(28)10-6-16/h3-10,20,22,29H,2,11-14H2,1H3. The van der Waals surface area contributed by atoms with Crippen LogP contribution in [-0.4, -0.2) is 23.8 Å². The molecular weight excluding hydrogens is 491 g/mol. The number of rotatable bonds is 2. The number of fused-ring (bicyclic) bond motifs is 5. The van der Waals surface area contributed by atoms with Gasteiger partial charge in [-0.25, -0.2) is 0 Å². The summed E-state index contributed by atoms with van der Waals surface area (Å²) < 4.78 is 1.17. The lowest BCUT2D eigenvalue weighted by Crippen LogP contribution is -2.61. The second-order valence-electron chi connectivity index (χ2n) is 9.17. The van der Waals surface area contributed by atoms with Crippen LogP contribution in [-0.2, 0) is 12.1 Å². The van der Waals surface area contributed by atoms with Gasteiger partial charge < -0.3 is 0 Å². The Morgan fingerprint density at radius 3 is 2.36 bits per heavy atom. The molecule has 3 atom stereocenters. The average molecular weight is 516 g/mol. The maximum absolute atomic E-state index is 13.5. The van der Waals surface area contributed by atoms with Crippen molar-refractivity contribution in [2.45, 2.75) is 47.4 Å². The Balaban J connectivity index is 1.43. The van der Waals surface area contributed by atoms with Crippen LogP contribution in [0, 0.1) is 0 Å². The van der Waals surface area contributed by atoms with Gasteiger partial charge in [0.1, 0.15) is 5.66 Å². The first-order valence-electron chi connectivity index (χ1n) is 11.3. The second kappa shape index (κ2) is 8.40. The third-order valence-electron chi connectivity index (χ3n) is 7.21. The molecule has 3 aliphatic rings. The summed E-state index contributed by atoms with van der Waals surface area (Å²) in [6, 6.07) is 16.4. The van der Waals surface area contributed by atoms with Gasteiger partial charge in [-0.15, -0.1) is 23.1 Å². The van der Waals surface area contributed by atoms with E-state index in [2.05, 4.69) is 29.3 Å². The van der Waals surface area contributed by atoms with E-state index in [-0.39, 0.29) is 22.7 Å². The number of thioether (sulfide) groups is 1. The molecule has 33 heavy (non-hydrogen) atoms. The Morgan fingerprint density at radius 2 is 1.67 bits per heavy atom. The number of nitrogens with one attached hydrogen (secondary N) is 1. The summed E-state index contributed by atoms with van der Waals surface area (Å²) in [6.07, 6.45) is 2.51. The van der Waals surface area contributed by atoms with E-state index in [0.29, 0.717) is 6.42 Å². The largest absolute Gasteiger partial charge is 0.295 e. The van der Waals surface area contributed by atoms with Crippen LogP contribution >= 0.6 is 46.3 Å². The molecule has 170 valence electrons. The van der Waals surface area contributed by atoms with Gasteiger partial charge in [0.15, 0.2) is 5.78 Å². The number of thiophene rings is 1. The summed E-state index contributed by atoms with van der Waals surface area (Å²) in [5.74, 6) is 0.268. The summed E-state index contributed by atoms with van der Waals surface area (Å²) in [6.45, 7) is 4.31. The van der Waals surface area contributed by atoms with Gasteiger partial charge in [0, 0.05) is 44.7 Å². The minimum Gasteiger partial charge on any atom is -0.295 e. The van der Waals surface area contributed by atoms with Crippen LogP contribution < -0.4 is 5.32 Å². The monoisotopic (exact) mass is 514 g/mol. The molecule has 0 saturated carbocycles. The van der Waals surface area contributed by atoms with Crippen molar-refractivity contribution in [3.8, 4) is 0 Å². The molecule has 3 aromatic rings. The maximum atomic E-state index is 13.5. The molecule has 3 aliphatic heterocycles. The van der Waals surface area contributed by atoms with Crippen LogP contribution in [0.15, 0.2) is 52.7 Å². The van der Waals surface area contributed by atoms with Crippen molar-refractivity contribution in [2.24, 2.45) is 0 Å². The van der Waals surface area contributed by atoms with Crippen LogP contribution in [0.2, 0.25) is 10.0 Å². The van der Waals surface area contributed by atoms with Crippen molar-refractivity contribution in [3.05, 3.63) is 85.7 Å². The van der Waals surface area contributed by atoms with Gasteiger partial charge in [-0.1, -0.05) is 47.5 Å². The fourth-order valence-corrected chi connectivity index (χ4v) is 8.98. The van der Waals surface area contributed by atoms with Crippen molar-refractivity contribution in [1.29, 1.82) is 0 Å². The first-order valence-corrected chi connectivity index (χ1v) is 13.8. The zero-order chi connectivity index (χ0) is 22.7. The number of carbonyl (C=O) groups excluding carboxylic acids is 1. The molecule has 1 N–H and O–H groups in total. The first kappa shape index (κ1) is 22.1. The zero-order valence-corrected chi connectivity index (χ0v) is 21.4. The van der Waals surface area contributed by atoms with Gasteiger partial charge in [0.25, 0.3) is 0 Å². The molecule has 0 bridgehead atoms. The summed E-state index contributed by atoms with van der Waals surface area (Å²) in [5, 5.41) is 5.43. The number of carbonyl (C=O) groups is 1. The Hall–Kier alpha value is -1.34. The van der Waals surface area contributed by atoms with Crippen molar-refractivity contribution >= 4 is 52.1 Å². The lowest BCUT2D eigenvalue weighted by atomic mass is 9.83. The second-order valence-corrected chi connectivity index (χ2v) is 12.5. The molecule has 0 radical (unpaired) electrons. The van der Waals surface area contributed by atoms with Crippen LogP contribution in [0.5, 0.6) is 0 Å². The van der Waals surface area contributed by atoms with Crippen molar-refractivity contribution in [1.82, 2.24) is 10.2 Å². The fraction of sp³-hybridized carbons (Fsp3) is 0.346. The Bertz CT molecular complexity index is 1220. The molecule has 1 fully saturated rings. The van der Waals surface area contributed by atoms with Crippen molar-refractivity contribution < 1.29 is 4.79 Å². The number of hydrogen-bond acceptors (Lipinski definition) is 5. The average Bonchev–Trinajstić information content (AvgIpc) is 3.19. The van der Waals surface area contributed by atoms with Gasteiger partial charge in [-0.2, -0.15) is 0 Å². The molecule has 6 rings (SSSR count). The first-order chi connectivity index (χ1) is 15.9. The quantitative estimate of drug-likeness (QED) is 0.390. The van der Waals surface area contributed by atoms with Crippen molar-refractivity contribution in [3.63, 3.8) is 0 Å². The van der Waals surface area contributed by atoms with E-state index < -0.39 is 0 Å². The van der Waals surface area contributed by atoms with Crippen LogP contribution in [0.4, 0.5) is 0 Å². The van der Waals surface area contributed by atoms with E-state index in [1.165, 1.54) is 20.2 Å². The molecule has 3 nitrogen and oxygen atoms in total. The molecule has 3 unspecified atom stereocenters. The molecule has 1 saturated heterocycles. The Morgan fingerprint density at radius 1 is 1.00 bits per heavy atom. The summed E-state index contributed by atoms with van der Waals surface area (Å²) in [4.78, 5) is 17.4. The minimum atomic E-state index is -0.269. The topological polar surface area (TPSA) is 32.3 Å². The normalized spacial score (nSPS) is 27.1. The summed E-state index contributed by atoms with van der Waals surface area (Å²) in [7, 11) is 0. The number of halogens is 2. The van der Waals surface area contributed by atoms with Crippen molar-refractivity contribution in [2.75, 3.05) is 13.1 Å². The van der Waals surface area contributed by atoms with Crippen LogP contribution in [0.25, 0.3) is 0 Å². The predicted octanol–water partition coefficient (Wildman–Crippen LogP) is 7.24. The van der Waals surface area contributed by atoms with Gasteiger partial charge in [-0.3, -0.25) is 15.0 Å². The molecule has 4 heterocycles. The van der Waals surface area contributed by atoms with Gasteiger partial charge in [0.05, 0.1) is 4.21 Å². The fourth-order valence-electron chi connectivity index (χ4n) is 5.57. The zero-order valence-electron chi connectivity index (χ0n) is 18.2. The molecule has 7 heteroatoms. The summed E-state index contributed by atoms with van der Waals surface area (Å²) >= 11 is 15.9. The Kier molecular flexibility index (Phi) is 5.64. The summed E-state index contributed by atoms with van der Waals surface area (Å²) in [5.41, 5.74) is 4.37. The van der Waals surface area contributed by atoms with Gasteiger partial charge in [0.2, 0.25) is 0 Å². The van der Waals surface area contributed by atoms with E-state index in [9.17, 15) is 4.79 Å². The van der Waals surface area contributed by atoms with E-state index in [1.807, 2.05) is 59.5 Å². The third kappa shape index (κ3) is 3.69. The Labute approximate surface area is 212 Å². The van der Waals surface area contributed by atoms with Crippen LogP contribution in [0.1, 0.15) is 63.0 Å². The number of ketones is 1. The van der Waals surface area contributed by atoms with Gasteiger partial charge >= 0.3 is 0 Å². The molecule has 0 spiro atoms.